The third-order valence-corrected chi connectivity index (χ3v) is 4.21. The Kier molecular flexibility index (Phi) is 4.97. The van der Waals surface area contributed by atoms with Gasteiger partial charge in [0.25, 0.3) is 0 Å². The number of alkyl halides is 7. The number of nitrogens with one attached hydrogen (secondary N) is 1. The molecule has 0 unspecified atom stereocenters. The highest BCUT2D eigenvalue weighted by molar-refractivity contribution is 6.13. The van der Waals surface area contributed by atoms with Crippen LogP contribution in [-0.4, -0.2) is 30.1 Å². The summed E-state index contributed by atoms with van der Waals surface area (Å²) in [5.74, 6) is -15.5. The lowest BCUT2D eigenvalue weighted by molar-refractivity contribution is -0.344. The fraction of sp³-hybridized carbons (Fsp3) is 0.158. The molecule has 0 bridgehead atoms. The van der Waals surface area contributed by atoms with Crippen LogP contribution in [0.2, 0.25) is 0 Å². The number of hydrazone groups is 1. The number of nitrogens with zero attached hydrogens (tertiary/aromatic N) is 1. The second-order valence-electron chi connectivity index (χ2n) is 6.08. The van der Waals surface area contributed by atoms with Crippen LogP contribution in [0, 0.1) is 0 Å². The first-order valence-electron chi connectivity index (χ1n) is 8.03. The Morgan fingerprint density at radius 1 is 0.828 bits per heavy atom. The predicted octanol–water partition coefficient (Wildman–Crippen LogP) is 5.28. The van der Waals surface area contributed by atoms with Gasteiger partial charge < -0.3 is 0 Å². The van der Waals surface area contributed by atoms with Gasteiger partial charge in [-0.15, -0.1) is 0 Å². The summed E-state index contributed by atoms with van der Waals surface area (Å²) >= 11 is 0. The van der Waals surface area contributed by atoms with Gasteiger partial charge in [0.05, 0.1) is 6.21 Å². The summed E-state index contributed by atoms with van der Waals surface area (Å²) in [6.45, 7) is 0. The van der Waals surface area contributed by atoms with E-state index < -0.39 is 23.9 Å². The molecule has 0 aliphatic rings. The Morgan fingerprint density at radius 2 is 1.31 bits per heavy atom. The van der Waals surface area contributed by atoms with Crippen molar-refractivity contribution in [2.75, 3.05) is 0 Å². The maximum absolute atomic E-state index is 13.4. The molecule has 152 valence electrons. The Hall–Kier alpha value is -3.17. The van der Waals surface area contributed by atoms with Gasteiger partial charge in [-0.1, -0.05) is 48.5 Å². The zero-order valence-electron chi connectivity index (χ0n) is 14.3. The number of amides is 1. The van der Waals surface area contributed by atoms with Crippen LogP contribution in [0.3, 0.4) is 0 Å². The van der Waals surface area contributed by atoms with E-state index in [-0.39, 0.29) is 0 Å². The fourth-order valence-electron chi connectivity index (χ4n) is 2.73. The zero-order valence-corrected chi connectivity index (χ0v) is 14.3. The molecule has 10 heteroatoms. The Labute approximate surface area is 158 Å². The highest BCUT2D eigenvalue weighted by atomic mass is 19.4. The summed E-state index contributed by atoms with van der Waals surface area (Å²) in [6.07, 6.45) is -5.69. The molecule has 3 nitrogen and oxygen atoms in total. The molecule has 3 aromatic carbocycles. The summed E-state index contributed by atoms with van der Waals surface area (Å²) in [6, 6.07) is 15.6. The second-order valence-corrected chi connectivity index (χ2v) is 6.08. The molecule has 3 aromatic rings. The molecule has 0 atom stereocenters. The first-order chi connectivity index (χ1) is 13.5. The van der Waals surface area contributed by atoms with Crippen LogP contribution in [0.25, 0.3) is 21.5 Å². The largest absolute Gasteiger partial charge is 0.460 e. The molecule has 0 fully saturated rings. The highest BCUT2D eigenvalue weighted by Gasteiger charge is 2.76. The Morgan fingerprint density at radius 3 is 1.79 bits per heavy atom. The van der Waals surface area contributed by atoms with Crippen LogP contribution < -0.4 is 5.43 Å². The van der Waals surface area contributed by atoms with Gasteiger partial charge in [-0.25, -0.2) is 5.43 Å². The van der Waals surface area contributed by atoms with Crippen molar-refractivity contribution in [3.8, 4) is 0 Å². The van der Waals surface area contributed by atoms with E-state index in [0.717, 1.165) is 22.4 Å². The predicted molar refractivity (Wildman–Crippen MR) is 93.1 cm³/mol. The highest BCUT2D eigenvalue weighted by Crippen LogP contribution is 2.46. The van der Waals surface area contributed by atoms with Gasteiger partial charge in [0.15, 0.2) is 0 Å². The van der Waals surface area contributed by atoms with Crippen molar-refractivity contribution in [1.29, 1.82) is 0 Å². The van der Waals surface area contributed by atoms with Crippen molar-refractivity contribution in [1.82, 2.24) is 5.43 Å². The van der Waals surface area contributed by atoms with E-state index in [0.29, 0.717) is 16.3 Å². The number of halogens is 7. The van der Waals surface area contributed by atoms with Crippen LogP contribution in [0.1, 0.15) is 5.56 Å². The molecule has 0 aromatic heterocycles. The average Bonchev–Trinajstić information content (AvgIpc) is 2.66. The molecular formula is C19H11F7N2O. The molecule has 0 saturated carbocycles. The first kappa shape index (κ1) is 20.6. The topological polar surface area (TPSA) is 41.5 Å². The van der Waals surface area contributed by atoms with Crippen LogP contribution in [-0.2, 0) is 4.79 Å². The average molecular weight is 416 g/mol. The lowest BCUT2D eigenvalue weighted by Gasteiger charge is -2.26. The number of fused-ring (bicyclic) bond motifs is 2. The standard InChI is InChI=1S/C19H11F7N2O/c20-17(21,18(22,23)19(24,25)26)16(29)28-27-10-15-13-7-3-1-5-11(13)9-12-6-2-4-8-14(12)15/h1-10H,(H,28,29)/b27-10+. The van der Waals surface area contributed by atoms with Gasteiger partial charge in [-0.3, -0.25) is 4.79 Å². The van der Waals surface area contributed by atoms with Crippen molar-refractivity contribution in [3.05, 3.63) is 60.2 Å². The zero-order chi connectivity index (χ0) is 21.4. The lowest BCUT2D eigenvalue weighted by Crippen LogP contribution is -2.58. The van der Waals surface area contributed by atoms with E-state index in [1.54, 1.807) is 48.5 Å². The van der Waals surface area contributed by atoms with Crippen molar-refractivity contribution in [2.24, 2.45) is 5.10 Å². The number of rotatable bonds is 4. The summed E-state index contributed by atoms with van der Waals surface area (Å²) in [7, 11) is 0. The SMILES string of the molecule is O=C(N/N=C/c1c2ccccc2cc2ccccc12)C(F)(F)C(F)(F)C(F)(F)F. The van der Waals surface area contributed by atoms with E-state index in [1.807, 2.05) is 6.07 Å². The van der Waals surface area contributed by atoms with Gasteiger partial charge >= 0.3 is 23.9 Å². The lowest BCUT2D eigenvalue weighted by atomic mass is 9.97. The van der Waals surface area contributed by atoms with Gasteiger partial charge in [-0.2, -0.15) is 35.8 Å². The minimum atomic E-state index is -6.61. The summed E-state index contributed by atoms with van der Waals surface area (Å²) in [4.78, 5) is 11.3. The molecule has 0 aliphatic carbocycles. The third kappa shape index (κ3) is 3.50. The van der Waals surface area contributed by atoms with Crippen LogP contribution in [0.15, 0.2) is 59.7 Å². The summed E-state index contributed by atoms with van der Waals surface area (Å²) in [5, 5.41) is 5.90. The summed E-state index contributed by atoms with van der Waals surface area (Å²) in [5.41, 5.74) is 1.45. The first-order valence-corrected chi connectivity index (χ1v) is 8.03. The minimum Gasteiger partial charge on any atom is -0.266 e. The number of carbonyl (C=O) groups is 1. The van der Waals surface area contributed by atoms with Gasteiger partial charge in [0.1, 0.15) is 0 Å². The number of benzene rings is 3. The number of hydrogen-bond acceptors (Lipinski definition) is 2. The quantitative estimate of drug-likeness (QED) is 0.268. The second kappa shape index (κ2) is 7.02. The van der Waals surface area contributed by atoms with Crippen LogP contribution in [0.5, 0.6) is 0 Å². The smallest absolute Gasteiger partial charge is 0.266 e. The molecule has 0 spiro atoms. The van der Waals surface area contributed by atoms with E-state index in [4.69, 9.17) is 0 Å². The van der Waals surface area contributed by atoms with Crippen molar-refractivity contribution in [3.63, 3.8) is 0 Å². The molecule has 0 radical (unpaired) electrons. The van der Waals surface area contributed by atoms with Gasteiger partial charge in [0.2, 0.25) is 0 Å². The maximum atomic E-state index is 13.4. The van der Waals surface area contributed by atoms with E-state index in [9.17, 15) is 35.5 Å². The molecule has 29 heavy (non-hydrogen) atoms. The molecular weight excluding hydrogens is 405 g/mol. The van der Waals surface area contributed by atoms with Gasteiger partial charge in [0, 0.05) is 5.56 Å². The fourth-order valence-corrected chi connectivity index (χ4v) is 2.73. The van der Waals surface area contributed by atoms with Crippen molar-refractivity contribution < 1.29 is 35.5 Å². The van der Waals surface area contributed by atoms with E-state index in [2.05, 4.69) is 5.10 Å². The Bertz CT molecular complexity index is 1050. The van der Waals surface area contributed by atoms with E-state index in [1.165, 1.54) is 0 Å². The maximum Gasteiger partial charge on any atom is 0.460 e. The molecule has 0 saturated heterocycles. The van der Waals surface area contributed by atoms with Gasteiger partial charge in [-0.05, 0) is 27.6 Å². The van der Waals surface area contributed by atoms with Crippen molar-refractivity contribution >= 4 is 33.7 Å². The molecule has 0 heterocycles. The minimum absolute atomic E-state index is 0.366. The van der Waals surface area contributed by atoms with Crippen molar-refractivity contribution in [2.45, 2.75) is 18.0 Å². The molecule has 3 rings (SSSR count). The third-order valence-electron chi connectivity index (χ3n) is 4.21. The molecule has 1 N–H and O–H groups in total. The summed E-state index contributed by atoms with van der Waals surface area (Å²) < 4.78 is 89.1. The monoisotopic (exact) mass is 416 g/mol. The van der Waals surface area contributed by atoms with E-state index >= 15 is 0 Å². The number of carbonyl (C=O) groups excluding carboxylic acids is 1. The molecule has 1 amide bonds. The molecule has 0 aliphatic heterocycles. The van der Waals surface area contributed by atoms with Crippen LogP contribution in [0.4, 0.5) is 30.7 Å². The normalized spacial score (nSPS) is 13.3. The Balaban J connectivity index is 1.96. The van der Waals surface area contributed by atoms with Crippen LogP contribution >= 0.6 is 0 Å². The number of hydrogen-bond donors (Lipinski definition) is 1.